The molecule has 2 aromatic carbocycles. The van der Waals surface area contributed by atoms with Crippen molar-refractivity contribution in [3.63, 3.8) is 0 Å². The van der Waals surface area contributed by atoms with Gasteiger partial charge in [0.25, 0.3) is 5.91 Å². The fourth-order valence-electron chi connectivity index (χ4n) is 3.54. The Balaban J connectivity index is 1.54. The average molecular weight is 413 g/mol. The zero-order valence-electron chi connectivity index (χ0n) is 15.8. The van der Waals surface area contributed by atoms with E-state index in [4.69, 9.17) is 20.8 Å². The van der Waals surface area contributed by atoms with Crippen molar-refractivity contribution in [2.24, 2.45) is 0 Å². The molecular weight excluding hydrogens is 392 g/mol. The standard InChI is InChI=1S/C22H21ClN2O4/c23-16-6-7-20-17(12-16)19(26)13-21(29-20)22(27)24-14-18(15-4-2-1-3-5-15)25-8-10-28-11-9-25/h1-7,12-13,18H,8-11,14H2,(H,24,27)/t18-/m0/s1. The largest absolute Gasteiger partial charge is 0.451 e. The van der Waals surface area contributed by atoms with Gasteiger partial charge in [-0.25, -0.2) is 0 Å². The molecule has 0 radical (unpaired) electrons. The van der Waals surface area contributed by atoms with Crippen molar-refractivity contribution in [2.45, 2.75) is 6.04 Å². The number of nitrogens with one attached hydrogen (secondary N) is 1. The molecule has 4 rings (SSSR count). The van der Waals surface area contributed by atoms with Crippen LogP contribution in [0.5, 0.6) is 0 Å². The SMILES string of the molecule is O=C(NC[C@@H](c1ccccc1)N1CCOCC1)c1cc(=O)c2cc(Cl)ccc2o1. The molecular formula is C22H21ClN2O4. The number of carbonyl (C=O) groups is 1. The third-order valence-corrected chi connectivity index (χ3v) is 5.27. The Hall–Kier alpha value is -2.67. The van der Waals surface area contributed by atoms with E-state index in [1.54, 1.807) is 12.1 Å². The molecule has 6 nitrogen and oxygen atoms in total. The first-order valence-corrected chi connectivity index (χ1v) is 9.88. The van der Waals surface area contributed by atoms with Crippen LogP contribution in [0.15, 0.2) is 63.8 Å². The first-order valence-electron chi connectivity index (χ1n) is 9.50. The number of hydrogen-bond acceptors (Lipinski definition) is 5. The maximum atomic E-state index is 12.7. The van der Waals surface area contributed by atoms with Crippen LogP contribution in [0.2, 0.25) is 5.02 Å². The first kappa shape index (κ1) is 19.6. The van der Waals surface area contributed by atoms with Gasteiger partial charge in [-0.2, -0.15) is 0 Å². The monoisotopic (exact) mass is 412 g/mol. The molecule has 2 heterocycles. The van der Waals surface area contributed by atoms with E-state index >= 15 is 0 Å². The molecule has 1 N–H and O–H groups in total. The van der Waals surface area contributed by atoms with Crippen LogP contribution < -0.4 is 10.7 Å². The van der Waals surface area contributed by atoms with Crippen LogP contribution in [0.4, 0.5) is 0 Å². The van der Waals surface area contributed by atoms with Crippen LogP contribution in [0.25, 0.3) is 11.0 Å². The smallest absolute Gasteiger partial charge is 0.287 e. The first-order chi connectivity index (χ1) is 14.1. The lowest BCUT2D eigenvalue weighted by molar-refractivity contribution is 0.0161. The number of carbonyl (C=O) groups excluding carboxylic acids is 1. The van der Waals surface area contributed by atoms with E-state index in [0.29, 0.717) is 35.8 Å². The van der Waals surface area contributed by atoms with Crippen molar-refractivity contribution in [1.29, 1.82) is 0 Å². The minimum Gasteiger partial charge on any atom is -0.451 e. The maximum Gasteiger partial charge on any atom is 0.287 e. The van der Waals surface area contributed by atoms with Crippen molar-refractivity contribution in [2.75, 3.05) is 32.8 Å². The Morgan fingerprint density at radius 3 is 2.62 bits per heavy atom. The van der Waals surface area contributed by atoms with Crippen LogP contribution in [0.3, 0.4) is 0 Å². The van der Waals surface area contributed by atoms with Gasteiger partial charge < -0.3 is 14.5 Å². The predicted octanol–water partition coefficient (Wildman–Crippen LogP) is 3.25. The van der Waals surface area contributed by atoms with Gasteiger partial charge in [-0.15, -0.1) is 0 Å². The van der Waals surface area contributed by atoms with Gasteiger partial charge in [0, 0.05) is 30.7 Å². The van der Waals surface area contributed by atoms with Crippen molar-refractivity contribution in [1.82, 2.24) is 10.2 Å². The molecule has 1 fully saturated rings. The number of morpholine rings is 1. The van der Waals surface area contributed by atoms with Crippen molar-refractivity contribution in [3.05, 3.63) is 81.2 Å². The normalized spacial score (nSPS) is 15.9. The quantitative estimate of drug-likeness (QED) is 0.696. The Bertz CT molecular complexity index is 1060. The minimum atomic E-state index is -0.423. The van der Waals surface area contributed by atoms with Crippen molar-refractivity contribution in [3.8, 4) is 0 Å². The number of nitrogens with zero attached hydrogens (tertiary/aromatic N) is 1. The van der Waals surface area contributed by atoms with Gasteiger partial charge in [-0.05, 0) is 23.8 Å². The molecule has 29 heavy (non-hydrogen) atoms. The lowest BCUT2D eigenvalue weighted by Crippen LogP contribution is -2.43. The molecule has 1 amide bonds. The number of rotatable bonds is 5. The van der Waals surface area contributed by atoms with E-state index in [1.165, 1.54) is 12.1 Å². The van der Waals surface area contributed by atoms with E-state index in [0.717, 1.165) is 18.7 Å². The summed E-state index contributed by atoms with van der Waals surface area (Å²) in [5, 5.41) is 3.71. The van der Waals surface area contributed by atoms with Crippen LogP contribution >= 0.6 is 11.6 Å². The van der Waals surface area contributed by atoms with Crippen molar-refractivity contribution < 1.29 is 13.9 Å². The van der Waals surface area contributed by atoms with Gasteiger partial charge in [0.2, 0.25) is 0 Å². The second-order valence-corrected chi connectivity index (χ2v) is 7.34. The van der Waals surface area contributed by atoms with Gasteiger partial charge in [0.1, 0.15) is 5.58 Å². The zero-order valence-corrected chi connectivity index (χ0v) is 16.5. The Labute approximate surface area is 173 Å². The summed E-state index contributed by atoms with van der Waals surface area (Å²) >= 11 is 5.94. The highest BCUT2D eigenvalue weighted by Crippen LogP contribution is 2.22. The number of benzene rings is 2. The molecule has 0 bridgehead atoms. The average Bonchev–Trinajstić information content (AvgIpc) is 2.75. The number of hydrogen-bond donors (Lipinski definition) is 1. The minimum absolute atomic E-state index is 0.00929. The van der Waals surface area contributed by atoms with Gasteiger partial charge in [-0.1, -0.05) is 41.9 Å². The number of fused-ring (bicyclic) bond motifs is 1. The number of halogens is 1. The third kappa shape index (κ3) is 4.50. The highest BCUT2D eigenvalue weighted by Gasteiger charge is 2.24. The molecule has 0 spiro atoms. The molecule has 1 saturated heterocycles. The van der Waals surface area contributed by atoms with Gasteiger partial charge in [0.05, 0.1) is 24.6 Å². The summed E-state index contributed by atoms with van der Waals surface area (Å²) < 4.78 is 11.1. The van der Waals surface area contributed by atoms with E-state index in [2.05, 4.69) is 10.2 Å². The molecule has 1 atom stereocenters. The third-order valence-electron chi connectivity index (χ3n) is 5.04. The predicted molar refractivity (Wildman–Crippen MR) is 111 cm³/mol. The maximum absolute atomic E-state index is 12.7. The van der Waals surface area contributed by atoms with E-state index in [-0.39, 0.29) is 17.2 Å². The number of ether oxygens (including phenoxy) is 1. The topological polar surface area (TPSA) is 71.8 Å². The summed E-state index contributed by atoms with van der Waals surface area (Å²) in [6.07, 6.45) is 0. The van der Waals surface area contributed by atoms with Crippen LogP contribution in [-0.4, -0.2) is 43.7 Å². The summed E-state index contributed by atoms with van der Waals surface area (Å²) in [5.41, 5.74) is 1.15. The molecule has 0 saturated carbocycles. The molecule has 0 unspecified atom stereocenters. The highest BCUT2D eigenvalue weighted by molar-refractivity contribution is 6.31. The van der Waals surface area contributed by atoms with Crippen molar-refractivity contribution >= 4 is 28.5 Å². The molecule has 0 aliphatic carbocycles. The van der Waals surface area contributed by atoms with Crippen LogP contribution in [0.1, 0.15) is 22.2 Å². The second kappa shape index (κ2) is 8.78. The molecule has 7 heteroatoms. The van der Waals surface area contributed by atoms with Crippen LogP contribution in [-0.2, 0) is 4.74 Å². The summed E-state index contributed by atoms with van der Waals surface area (Å²) in [5.74, 6) is -0.438. The lowest BCUT2D eigenvalue weighted by atomic mass is 10.0. The van der Waals surface area contributed by atoms with Gasteiger partial charge in [-0.3, -0.25) is 14.5 Å². The summed E-state index contributed by atoms with van der Waals surface area (Å²) in [4.78, 5) is 27.3. The van der Waals surface area contributed by atoms with E-state index in [1.807, 2.05) is 30.3 Å². The molecule has 1 aromatic heterocycles. The summed E-state index contributed by atoms with van der Waals surface area (Å²) in [6, 6.07) is 16.0. The highest BCUT2D eigenvalue weighted by atomic mass is 35.5. The van der Waals surface area contributed by atoms with Gasteiger partial charge in [0.15, 0.2) is 11.2 Å². The van der Waals surface area contributed by atoms with Crippen LogP contribution in [0, 0.1) is 0 Å². The number of amides is 1. The molecule has 1 aliphatic rings. The van der Waals surface area contributed by atoms with E-state index < -0.39 is 5.91 Å². The second-order valence-electron chi connectivity index (χ2n) is 6.90. The molecule has 1 aliphatic heterocycles. The fraction of sp³-hybridized carbons (Fsp3) is 0.273. The zero-order chi connectivity index (χ0) is 20.2. The molecule has 150 valence electrons. The Morgan fingerprint density at radius 2 is 1.86 bits per heavy atom. The van der Waals surface area contributed by atoms with Gasteiger partial charge >= 0.3 is 0 Å². The fourth-order valence-corrected chi connectivity index (χ4v) is 3.71. The van der Waals surface area contributed by atoms with E-state index in [9.17, 15) is 9.59 Å². The molecule has 3 aromatic rings. The lowest BCUT2D eigenvalue weighted by Gasteiger charge is -2.34. The Kier molecular flexibility index (Phi) is 5.94. The summed E-state index contributed by atoms with van der Waals surface area (Å²) in [7, 11) is 0. The summed E-state index contributed by atoms with van der Waals surface area (Å²) in [6.45, 7) is 3.31. The Morgan fingerprint density at radius 1 is 1.10 bits per heavy atom.